The Morgan fingerprint density at radius 1 is 0.900 bits per heavy atom. The Hall–Kier alpha value is -2.76. The van der Waals surface area contributed by atoms with Gasteiger partial charge in [-0.25, -0.2) is 8.42 Å². The summed E-state index contributed by atoms with van der Waals surface area (Å²) in [7, 11) is -3.69. The van der Waals surface area contributed by atoms with Crippen molar-refractivity contribution in [2.24, 2.45) is 0 Å². The van der Waals surface area contributed by atoms with Crippen molar-refractivity contribution in [3.05, 3.63) is 83.5 Å². The summed E-state index contributed by atoms with van der Waals surface area (Å²) in [6.45, 7) is 6.29. The Balaban J connectivity index is 1.66. The van der Waals surface area contributed by atoms with Crippen molar-refractivity contribution in [3.8, 4) is 11.1 Å². The quantitative estimate of drug-likeness (QED) is 0.377. The summed E-state index contributed by atoms with van der Waals surface area (Å²) in [4.78, 5) is 3.47. The highest BCUT2D eigenvalue weighted by molar-refractivity contribution is 7.92. The summed E-state index contributed by atoms with van der Waals surface area (Å²) >= 11 is 6.00. The van der Waals surface area contributed by atoms with E-state index in [2.05, 4.69) is 30.5 Å². The molecule has 0 aliphatic heterocycles. The maximum Gasteiger partial charge on any atom is 0.261 e. The van der Waals surface area contributed by atoms with Gasteiger partial charge in [0.15, 0.2) is 0 Å². The number of fused-ring (bicyclic) bond motifs is 1. The Labute approximate surface area is 182 Å². The Kier molecular flexibility index (Phi) is 5.12. The van der Waals surface area contributed by atoms with Crippen LogP contribution in [0.4, 0.5) is 5.69 Å². The highest BCUT2D eigenvalue weighted by Gasteiger charge is 2.18. The maximum atomic E-state index is 12.9. The number of sulfonamides is 1. The van der Waals surface area contributed by atoms with Gasteiger partial charge in [0.25, 0.3) is 10.0 Å². The van der Waals surface area contributed by atoms with Crippen molar-refractivity contribution in [2.75, 3.05) is 4.72 Å². The van der Waals surface area contributed by atoms with Crippen LogP contribution >= 0.6 is 11.6 Å². The van der Waals surface area contributed by atoms with Gasteiger partial charge in [0, 0.05) is 33.4 Å². The third-order valence-corrected chi connectivity index (χ3v) is 6.77. The number of aromatic nitrogens is 1. The molecule has 0 amide bonds. The first-order valence-corrected chi connectivity index (χ1v) is 11.5. The Bertz CT molecular complexity index is 1300. The molecule has 1 aromatic heterocycles. The molecule has 0 aliphatic rings. The van der Waals surface area contributed by atoms with Crippen molar-refractivity contribution in [3.63, 3.8) is 0 Å². The van der Waals surface area contributed by atoms with Gasteiger partial charge in [-0.1, -0.05) is 56.6 Å². The molecule has 30 heavy (non-hydrogen) atoms. The molecule has 0 saturated carbocycles. The molecule has 4 aromatic rings. The zero-order valence-electron chi connectivity index (χ0n) is 17.0. The average Bonchev–Trinajstić information content (AvgIpc) is 3.11. The van der Waals surface area contributed by atoms with Crippen LogP contribution in [0.25, 0.3) is 22.0 Å². The van der Waals surface area contributed by atoms with Crippen LogP contribution in [-0.4, -0.2) is 13.4 Å². The predicted molar refractivity (Wildman–Crippen MR) is 125 cm³/mol. The molecule has 4 rings (SSSR count). The number of rotatable bonds is 4. The molecule has 0 bridgehead atoms. The van der Waals surface area contributed by atoms with E-state index in [0.717, 1.165) is 27.6 Å². The lowest BCUT2D eigenvalue weighted by Gasteiger charge is -2.19. The summed E-state index contributed by atoms with van der Waals surface area (Å²) in [6.07, 6.45) is 1.91. The summed E-state index contributed by atoms with van der Waals surface area (Å²) in [5, 5.41) is 1.60. The van der Waals surface area contributed by atoms with E-state index in [1.54, 1.807) is 18.2 Å². The zero-order valence-corrected chi connectivity index (χ0v) is 18.6. The number of hydrogen-bond acceptors (Lipinski definition) is 2. The minimum atomic E-state index is -3.69. The molecule has 0 atom stereocenters. The van der Waals surface area contributed by atoms with Gasteiger partial charge in [0.1, 0.15) is 0 Å². The van der Waals surface area contributed by atoms with Gasteiger partial charge >= 0.3 is 0 Å². The van der Waals surface area contributed by atoms with E-state index in [0.29, 0.717) is 10.7 Å². The van der Waals surface area contributed by atoms with Crippen LogP contribution in [0.5, 0.6) is 0 Å². The topological polar surface area (TPSA) is 62.0 Å². The number of benzene rings is 3. The number of hydrogen-bond donors (Lipinski definition) is 2. The summed E-state index contributed by atoms with van der Waals surface area (Å²) < 4.78 is 28.5. The molecule has 0 unspecified atom stereocenters. The highest BCUT2D eigenvalue weighted by Crippen LogP contribution is 2.32. The van der Waals surface area contributed by atoms with Gasteiger partial charge in [-0.15, -0.1) is 0 Å². The van der Waals surface area contributed by atoms with Crippen molar-refractivity contribution >= 4 is 38.2 Å². The lowest BCUT2D eigenvalue weighted by atomic mass is 9.87. The molecule has 3 aromatic carbocycles. The Morgan fingerprint density at radius 2 is 1.57 bits per heavy atom. The molecule has 0 fully saturated rings. The van der Waals surface area contributed by atoms with Crippen molar-refractivity contribution in [1.82, 2.24) is 4.98 Å². The lowest BCUT2D eigenvalue weighted by Crippen LogP contribution is -2.14. The molecule has 1 heterocycles. The van der Waals surface area contributed by atoms with Crippen LogP contribution in [0, 0.1) is 0 Å². The summed E-state index contributed by atoms with van der Waals surface area (Å²) in [5.41, 5.74) is 4.48. The molecule has 0 spiro atoms. The normalized spacial score (nSPS) is 12.3. The summed E-state index contributed by atoms with van der Waals surface area (Å²) in [6, 6.07) is 20.1. The van der Waals surface area contributed by atoms with E-state index in [4.69, 9.17) is 11.6 Å². The van der Waals surface area contributed by atoms with Crippen LogP contribution in [0.3, 0.4) is 0 Å². The van der Waals surface area contributed by atoms with Crippen LogP contribution in [-0.2, 0) is 15.4 Å². The number of nitrogens with one attached hydrogen (secondary N) is 2. The van der Waals surface area contributed by atoms with E-state index >= 15 is 0 Å². The molecule has 2 N–H and O–H groups in total. The van der Waals surface area contributed by atoms with Gasteiger partial charge in [-0.05, 0) is 59.0 Å². The fourth-order valence-corrected chi connectivity index (χ4v) is 4.58. The standard InChI is InChI=1S/C24H23ClN2O2S/c1-24(2,3)17-6-11-20(12-7-17)30(28,29)27-19-10-13-23-21(14-19)22(15-26-23)16-4-8-18(25)9-5-16/h4-15,26-27H,1-3H3. The molecule has 0 aliphatic carbocycles. The monoisotopic (exact) mass is 438 g/mol. The van der Waals surface area contributed by atoms with E-state index in [1.807, 2.05) is 54.7 Å². The van der Waals surface area contributed by atoms with Crippen LogP contribution in [0.2, 0.25) is 5.02 Å². The zero-order chi connectivity index (χ0) is 21.5. The number of aromatic amines is 1. The smallest absolute Gasteiger partial charge is 0.261 e. The Morgan fingerprint density at radius 3 is 2.20 bits per heavy atom. The van der Waals surface area contributed by atoms with Crippen molar-refractivity contribution in [1.29, 1.82) is 0 Å². The minimum absolute atomic E-state index is 0.0346. The number of halogens is 1. The third kappa shape index (κ3) is 4.09. The lowest BCUT2D eigenvalue weighted by molar-refractivity contribution is 0.587. The highest BCUT2D eigenvalue weighted by atomic mass is 35.5. The SMILES string of the molecule is CC(C)(C)c1ccc(S(=O)(=O)Nc2ccc3[nH]cc(-c4ccc(Cl)cc4)c3c2)cc1. The van der Waals surface area contributed by atoms with Gasteiger partial charge in [-0.2, -0.15) is 0 Å². The van der Waals surface area contributed by atoms with Crippen LogP contribution in [0.1, 0.15) is 26.3 Å². The van der Waals surface area contributed by atoms with Gasteiger partial charge in [0.2, 0.25) is 0 Å². The van der Waals surface area contributed by atoms with E-state index in [9.17, 15) is 8.42 Å². The molecule has 6 heteroatoms. The first kappa shape index (κ1) is 20.5. The van der Waals surface area contributed by atoms with Crippen molar-refractivity contribution < 1.29 is 8.42 Å². The van der Waals surface area contributed by atoms with E-state index in [1.165, 1.54) is 0 Å². The molecular weight excluding hydrogens is 416 g/mol. The molecule has 4 nitrogen and oxygen atoms in total. The minimum Gasteiger partial charge on any atom is -0.361 e. The first-order chi connectivity index (χ1) is 14.1. The molecular formula is C24H23ClN2O2S. The average molecular weight is 439 g/mol. The van der Waals surface area contributed by atoms with Gasteiger partial charge in [-0.3, -0.25) is 4.72 Å². The van der Waals surface area contributed by atoms with E-state index < -0.39 is 10.0 Å². The van der Waals surface area contributed by atoms with Crippen LogP contribution in [0.15, 0.2) is 77.8 Å². The van der Waals surface area contributed by atoms with Crippen molar-refractivity contribution in [2.45, 2.75) is 31.1 Å². The number of anilines is 1. The third-order valence-electron chi connectivity index (χ3n) is 5.12. The second kappa shape index (κ2) is 7.49. The first-order valence-electron chi connectivity index (χ1n) is 9.64. The molecule has 0 radical (unpaired) electrons. The predicted octanol–water partition coefficient (Wildman–Crippen LogP) is 6.59. The van der Waals surface area contributed by atoms with Gasteiger partial charge in [0.05, 0.1) is 4.90 Å². The van der Waals surface area contributed by atoms with Gasteiger partial charge < -0.3 is 4.98 Å². The molecule has 0 saturated heterocycles. The number of H-pyrrole nitrogens is 1. The fraction of sp³-hybridized carbons (Fsp3) is 0.167. The van der Waals surface area contributed by atoms with E-state index in [-0.39, 0.29) is 10.3 Å². The second-order valence-electron chi connectivity index (χ2n) is 8.35. The maximum absolute atomic E-state index is 12.9. The summed E-state index contributed by atoms with van der Waals surface area (Å²) in [5.74, 6) is 0. The largest absolute Gasteiger partial charge is 0.361 e. The second-order valence-corrected chi connectivity index (χ2v) is 10.5. The fourth-order valence-electron chi connectivity index (χ4n) is 3.40. The van der Waals surface area contributed by atoms with Crippen LogP contribution < -0.4 is 4.72 Å². The molecule has 154 valence electrons.